The van der Waals surface area contributed by atoms with Crippen LogP contribution in [0.5, 0.6) is 0 Å². The van der Waals surface area contributed by atoms with Crippen LogP contribution in [-0.2, 0) is 20.7 Å². The molecule has 1 saturated heterocycles. The van der Waals surface area contributed by atoms with Crippen LogP contribution in [0.3, 0.4) is 0 Å². The summed E-state index contributed by atoms with van der Waals surface area (Å²) in [6.07, 6.45) is 2.14. The van der Waals surface area contributed by atoms with Crippen LogP contribution in [-0.4, -0.2) is 29.4 Å². The molecule has 19 heavy (non-hydrogen) atoms. The Labute approximate surface area is 120 Å². The van der Waals surface area contributed by atoms with Crippen molar-refractivity contribution >= 4 is 27.9 Å². The third kappa shape index (κ3) is 3.42. The van der Waals surface area contributed by atoms with Crippen molar-refractivity contribution in [3.05, 3.63) is 35.9 Å². The predicted molar refractivity (Wildman–Crippen MR) is 75.0 cm³/mol. The highest BCUT2D eigenvalue weighted by Gasteiger charge is 2.43. The van der Waals surface area contributed by atoms with Gasteiger partial charge in [-0.15, -0.1) is 0 Å². The summed E-state index contributed by atoms with van der Waals surface area (Å²) >= 11 is 2.99. The number of hydrogen-bond acceptors (Lipinski definition) is 4. The Morgan fingerprint density at radius 2 is 2.05 bits per heavy atom. The van der Waals surface area contributed by atoms with Gasteiger partial charge in [0.15, 0.2) is 0 Å². The lowest BCUT2D eigenvalue weighted by atomic mass is 9.89. The highest BCUT2D eigenvalue weighted by molar-refractivity contribution is 9.09. The predicted octanol–water partition coefficient (Wildman–Crippen LogP) is 1.82. The lowest BCUT2D eigenvalue weighted by Crippen LogP contribution is -2.51. The molecule has 1 N–H and O–H groups in total. The van der Waals surface area contributed by atoms with Gasteiger partial charge in [0.05, 0.1) is 0 Å². The quantitative estimate of drug-likeness (QED) is 0.521. The van der Waals surface area contributed by atoms with Crippen molar-refractivity contribution in [3.8, 4) is 0 Å². The zero-order chi connectivity index (χ0) is 13.7. The van der Waals surface area contributed by atoms with E-state index in [-0.39, 0.29) is 5.33 Å². The minimum atomic E-state index is -0.765. The fraction of sp³-hybridized carbons (Fsp3) is 0.429. The molecule has 0 aromatic heterocycles. The maximum absolute atomic E-state index is 12.2. The lowest BCUT2D eigenvalue weighted by Gasteiger charge is -2.26. The Morgan fingerprint density at radius 1 is 1.32 bits per heavy atom. The first-order chi connectivity index (χ1) is 9.16. The smallest absolute Gasteiger partial charge is 0.334 e. The number of rotatable bonds is 4. The summed E-state index contributed by atoms with van der Waals surface area (Å²) in [5, 5.41) is 3.23. The van der Waals surface area contributed by atoms with E-state index < -0.39 is 17.5 Å². The van der Waals surface area contributed by atoms with Gasteiger partial charge in [0, 0.05) is 6.42 Å². The molecular formula is C14H16BrNO3. The van der Waals surface area contributed by atoms with Gasteiger partial charge >= 0.3 is 11.9 Å². The van der Waals surface area contributed by atoms with Crippen molar-refractivity contribution in [3.63, 3.8) is 0 Å². The Balaban J connectivity index is 2.14. The van der Waals surface area contributed by atoms with Crippen molar-refractivity contribution in [2.45, 2.75) is 24.8 Å². The van der Waals surface area contributed by atoms with E-state index in [9.17, 15) is 9.59 Å². The number of alkyl halides is 1. The normalized spacial score (nSPS) is 22.2. The highest BCUT2D eigenvalue weighted by atomic mass is 79.9. The molecule has 0 saturated carbocycles. The second-order valence-electron chi connectivity index (χ2n) is 4.67. The van der Waals surface area contributed by atoms with E-state index in [2.05, 4.69) is 21.2 Å². The average Bonchev–Trinajstić information content (AvgIpc) is 2.89. The number of esters is 2. The molecule has 1 fully saturated rings. The van der Waals surface area contributed by atoms with Gasteiger partial charge in [-0.05, 0) is 24.9 Å². The molecule has 0 unspecified atom stereocenters. The molecule has 1 aliphatic heterocycles. The van der Waals surface area contributed by atoms with Crippen molar-refractivity contribution in [1.82, 2.24) is 5.32 Å². The molecule has 0 aliphatic carbocycles. The maximum Gasteiger partial charge on any atom is 0.334 e. The standard InChI is InChI=1S/C14H16BrNO3/c15-10-12(17)19-13(18)14(7-4-8-16-14)9-11-5-2-1-3-6-11/h1-3,5-6,16H,4,7-10H2/t14-/m1/s1. The van der Waals surface area contributed by atoms with Crippen molar-refractivity contribution in [2.75, 3.05) is 11.9 Å². The number of carbonyl (C=O) groups excluding carboxylic acids is 2. The first kappa shape index (κ1) is 14.2. The van der Waals surface area contributed by atoms with E-state index in [1.807, 2.05) is 30.3 Å². The average molecular weight is 326 g/mol. The minimum absolute atomic E-state index is 0.0279. The van der Waals surface area contributed by atoms with Crippen molar-refractivity contribution in [2.24, 2.45) is 0 Å². The summed E-state index contributed by atoms with van der Waals surface area (Å²) in [6.45, 7) is 0.768. The second kappa shape index (κ2) is 6.30. The first-order valence-corrected chi connectivity index (χ1v) is 7.38. The second-order valence-corrected chi connectivity index (χ2v) is 5.23. The molecule has 1 atom stereocenters. The van der Waals surface area contributed by atoms with Gasteiger partial charge in [-0.3, -0.25) is 4.79 Å². The van der Waals surface area contributed by atoms with E-state index in [1.165, 1.54) is 0 Å². The van der Waals surface area contributed by atoms with Crippen molar-refractivity contribution in [1.29, 1.82) is 0 Å². The van der Waals surface area contributed by atoms with Gasteiger partial charge in [0.25, 0.3) is 0 Å². The van der Waals surface area contributed by atoms with Crippen LogP contribution >= 0.6 is 15.9 Å². The molecule has 2 rings (SSSR count). The minimum Gasteiger partial charge on any atom is -0.391 e. The van der Waals surface area contributed by atoms with Crippen LogP contribution < -0.4 is 5.32 Å². The fourth-order valence-electron chi connectivity index (χ4n) is 2.38. The molecule has 5 heteroatoms. The molecular weight excluding hydrogens is 310 g/mol. The molecule has 1 aliphatic rings. The third-order valence-electron chi connectivity index (χ3n) is 3.30. The van der Waals surface area contributed by atoms with E-state index >= 15 is 0 Å². The zero-order valence-corrected chi connectivity index (χ0v) is 12.1. The van der Waals surface area contributed by atoms with Crippen LogP contribution in [0, 0.1) is 0 Å². The van der Waals surface area contributed by atoms with Gasteiger partial charge < -0.3 is 10.1 Å². The molecule has 4 nitrogen and oxygen atoms in total. The summed E-state index contributed by atoms with van der Waals surface area (Å²) in [7, 11) is 0. The van der Waals surface area contributed by atoms with Gasteiger partial charge in [-0.2, -0.15) is 0 Å². The van der Waals surface area contributed by atoms with E-state index in [0.29, 0.717) is 12.8 Å². The van der Waals surface area contributed by atoms with Crippen LogP contribution in [0.4, 0.5) is 0 Å². The maximum atomic E-state index is 12.2. The summed E-state index contributed by atoms with van der Waals surface area (Å²) in [5.74, 6) is -1.02. The Kier molecular flexibility index (Phi) is 4.71. The number of hydrogen-bond donors (Lipinski definition) is 1. The number of halogens is 1. The molecule has 0 amide bonds. The topological polar surface area (TPSA) is 55.4 Å². The fourth-order valence-corrected chi connectivity index (χ4v) is 2.49. The van der Waals surface area contributed by atoms with Crippen LogP contribution in [0.2, 0.25) is 0 Å². The van der Waals surface area contributed by atoms with Crippen LogP contribution in [0.15, 0.2) is 30.3 Å². The van der Waals surface area contributed by atoms with E-state index in [4.69, 9.17) is 4.74 Å². The number of nitrogens with one attached hydrogen (secondary N) is 1. The van der Waals surface area contributed by atoms with E-state index in [0.717, 1.165) is 18.5 Å². The highest BCUT2D eigenvalue weighted by Crippen LogP contribution is 2.26. The van der Waals surface area contributed by atoms with Crippen molar-refractivity contribution < 1.29 is 14.3 Å². The zero-order valence-electron chi connectivity index (χ0n) is 10.5. The lowest BCUT2D eigenvalue weighted by molar-refractivity contribution is -0.162. The van der Waals surface area contributed by atoms with Crippen LogP contribution in [0.25, 0.3) is 0 Å². The summed E-state index contributed by atoms with van der Waals surface area (Å²) in [5.41, 5.74) is 0.291. The Bertz CT molecular complexity index is 455. The van der Waals surface area contributed by atoms with Gasteiger partial charge in [0.2, 0.25) is 0 Å². The molecule has 1 heterocycles. The van der Waals surface area contributed by atoms with Gasteiger partial charge in [-0.1, -0.05) is 46.3 Å². The van der Waals surface area contributed by atoms with E-state index in [1.54, 1.807) is 0 Å². The molecule has 0 radical (unpaired) electrons. The summed E-state index contributed by atoms with van der Waals surface area (Å²) in [4.78, 5) is 23.5. The number of ether oxygens (including phenoxy) is 1. The van der Waals surface area contributed by atoms with Gasteiger partial charge in [-0.25, -0.2) is 4.79 Å². The molecule has 0 bridgehead atoms. The number of benzene rings is 1. The largest absolute Gasteiger partial charge is 0.391 e. The summed E-state index contributed by atoms with van der Waals surface area (Å²) < 4.78 is 4.87. The first-order valence-electron chi connectivity index (χ1n) is 6.26. The monoisotopic (exact) mass is 325 g/mol. The van der Waals surface area contributed by atoms with Crippen LogP contribution in [0.1, 0.15) is 18.4 Å². The Hall–Kier alpha value is -1.20. The van der Waals surface area contributed by atoms with Gasteiger partial charge in [0.1, 0.15) is 10.9 Å². The summed E-state index contributed by atoms with van der Waals surface area (Å²) in [6, 6.07) is 9.76. The molecule has 102 valence electrons. The Morgan fingerprint density at radius 3 is 2.63 bits per heavy atom. The molecule has 0 spiro atoms. The SMILES string of the molecule is O=C(CBr)OC(=O)[C@]1(Cc2ccccc2)CCCN1. The number of carbonyl (C=O) groups is 2. The molecule has 1 aromatic carbocycles. The third-order valence-corrected chi connectivity index (χ3v) is 3.76. The molecule has 1 aromatic rings.